The molecule has 7 nitrogen and oxygen atoms in total. The van der Waals surface area contributed by atoms with Gasteiger partial charge in [0.1, 0.15) is 0 Å². The zero-order valence-electron chi connectivity index (χ0n) is 18.6. The lowest BCUT2D eigenvalue weighted by atomic mass is 9.85. The van der Waals surface area contributed by atoms with E-state index in [2.05, 4.69) is 32.0 Å². The van der Waals surface area contributed by atoms with Crippen LogP contribution in [0, 0.1) is 6.92 Å². The lowest BCUT2D eigenvalue weighted by molar-refractivity contribution is -0.110. The van der Waals surface area contributed by atoms with Crippen molar-refractivity contribution >= 4 is 29.2 Å². The Hall–Kier alpha value is -3.71. The highest BCUT2D eigenvalue weighted by molar-refractivity contribution is 6.35. The molecule has 2 aliphatic heterocycles. The molecule has 5 rings (SSSR count). The Bertz CT molecular complexity index is 1220. The molecule has 2 aromatic heterocycles. The third-order valence-corrected chi connectivity index (χ3v) is 6.55. The molecule has 1 aromatic carbocycles. The molecule has 168 valence electrons. The van der Waals surface area contributed by atoms with Crippen LogP contribution in [0.4, 0.5) is 5.69 Å². The smallest absolute Gasteiger partial charge is 0.256 e. The van der Waals surface area contributed by atoms with E-state index in [0.717, 1.165) is 54.0 Å². The topological polar surface area (TPSA) is 98.9 Å². The van der Waals surface area contributed by atoms with E-state index in [0.29, 0.717) is 23.6 Å². The van der Waals surface area contributed by atoms with Crippen molar-refractivity contribution in [3.05, 3.63) is 82.4 Å². The van der Waals surface area contributed by atoms with Crippen LogP contribution in [-0.4, -0.2) is 34.9 Å². The molecular weight excluding hydrogens is 414 g/mol. The fraction of sp³-hybridized carbons (Fsp3) is 0.269. The van der Waals surface area contributed by atoms with E-state index >= 15 is 0 Å². The summed E-state index contributed by atoms with van der Waals surface area (Å²) in [5, 5.41) is 9.37. The average Bonchev–Trinajstić information content (AvgIpc) is 3.38. The molecule has 0 radical (unpaired) electrons. The summed E-state index contributed by atoms with van der Waals surface area (Å²) < 4.78 is 0. The van der Waals surface area contributed by atoms with E-state index in [1.54, 1.807) is 18.6 Å². The van der Waals surface area contributed by atoms with E-state index in [9.17, 15) is 9.59 Å². The molecule has 0 aliphatic carbocycles. The number of rotatable bonds is 5. The summed E-state index contributed by atoms with van der Waals surface area (Å²) in [5.41, 5.74) is 6.86. The molecule has 3 aromatic rings. The number of H-pyrrole nitrogens is 1. The Morgan fingerprint density at radius 1 is 1.18 bits per heavy atom. The van der Waals surface area contributed by atoms with Crippen molar-refractivity contribution < 1.29 is 9.59 Å². The largest absolute Gasteiger partial charge is 0.361 e. The quantitative estimate of drug-likeness (QED) is 0.455. The molecule has 0 unspecified atom stereocenters. The van der Waals surface area contributed by atoms with E-state index in [1.807, 2.05) is 37.3 Å². The standard InChI is InChI=1S/C26H27N5O2/c1-16-21(25(32)30-14-17-5-9-27-10-6-17)15-29-23(16)13-20-24-19(18-7-11-28-12-8-18)3-2-4-22(24)31-26(20)33/h2-6,9-10,13,15,18,28-29H,7-8,11-12,14H2,1H3,(H,30,32)(H,31,33). The van der Waals surface area contributed by atoms with Crippen molar-refractivity contribution in [1.82, 2.24) is 20.6 Å². The van der Waals surface area contributed by atoms with Gasteiger partial charge in [0.2, 0.25) is 0 Å². The normalized spacial score (nSPS) is 17.1. The molecule has 33 heavy (non-hydrogen) atoms. The number of benzene rings is 1. The van der Waals surface area contributed by atoms with Crippen molar-refractivity contribution in [1.29, 1.82) is 0 Å². The number of pyridine rings is 1. The molecule has 0 spiro atoms. The Kier molecular flexibility index (Phi) is 5.79. The predicted molar refractivity (Wildman–Crippen MR) is 129 cm³/mol. The number of hydrogen-bond donors (Lipinski definition) is 4. The average molecular weight is 442 g/mol. The third-order valence-electron chi connectivity index (χ3n) is 6.55. The van der Waals surface area contributed by atoms with Crippen LogP contribution in [0.5, 0.6) is 0 Å². The molecular formula is C26H27N5O2. The SMILES string of the molecule is Cc1c(C(=O)NCc2ccncc2)c[nH]c1C=C1C(=O)Nc2cccc(C3CCNCC3)c21. The van der Waals surface area contributed by atoms with Gasteiger partial charge < -0.3 is 20.9 Å². The fourth-order valence-electron chi connectivity index (χ4n) is 4.71. The van der Waals surface area contributed by atoms with Crippen molar-refractivity contribution in [2.45, 2.75) is 32.2 Å². The Morgan fingerprint density at radius 3 is 2.76 bits per heavy atom. The number of carbonyl (C=O) groups excluding carboxylic acids is 2. The Labute approximate surface area is 192 Å². The van der Waals surface area contributed by atoms with Crippen LogP contribution in [0.1, 0.15) is 57.1 Å². The van der Waals surface area contributed by atoms with Gasteiger partial charge in [0, 0.05) is 42.1 Å². The number of carbonyl (C=O) groups is 2. The minimum absolute atomic E-state index is 0.107. The molecule has 7 heteroatoms. The molecule has 4 heterocycles. The lowest BCUT2D eigenvalue weighted by Crippen LogP contribution is -2.27. The number of anilines is 1. The summed E-state index contributed by atoms with van der Waals surface area (Å²) in [6.45, 7) is 4.30. The van der Waals surface area contributed by atoms with Gasteiger partial charge in [-0.05, 0) is 79.7 Å². The fourth-order valence-corrected chi connectivity index (χ4v) is 4.71. The lowest BCUT2D eigenvalue weighted by Gasteiger charge is -2.25. The maximum atomic E-state index is 12.9. The summed E-state index contributed by atoms with van der Waals surface area (Å²) in [5.74, 6) is 0.164. The monoisotopic (exact) mass is 441 g/mol. The molecule has 0 bridgehead atoms. The first kappa shape index (κ1) is 21.2. The van der Waals surface area contributed by atoms with E-state index in [1.165, 1.54) is 5.56 Å². The third kappa shape index (κ3) is 4.19. The maximum absolute atomic E-state index is 12.9. The van der Waals surface area contributed by atoms with Crippen LogP contribution >= 0.6 is 0 Å². The molecule has 2 amide bonds. The number of amides is 2. The number of nitrogens with zero attached hydrogens (tertiary/aromatic N) is 1. The van der Waals surface area contributed by atoms with Gasteiger partial charge in [-0.25, -0.2) is 0 Å². The van der Waals surface area contributed by atoms with E-state index in [4.69, 9.17) is 0 Å². The summed E-state index contributed by atoms with van der Waals surface area (Å²) >= 11 is 0. The molecule has 1 saturated heterocycles. The second-order valence-electron chi connectivity index (χ2n) is 8.59. The van der Waals surface area contributed by atoms with Gasteiger partial charge in [-0.1, -0.05) is 12.1 Å². The minimum atomic E-state index is -0.156. The van der Waals surface area contributed by atoms with Crippen molar-refractivity contribution in [2.75, 3.05) is 18.4 Å². The van der Waals surface area contributed by atoms with Gasteiger partial charge in [0.05, 0.1) is 11.1 Å². The van der Waals surface area contributed by atoms with Crippen LogP contribution in [0.2, 0.25) is 0 Å². The predicted octanol–water partition coefficient (Wildman–Crippen LogP) is 3.61. The zero-order chi connectivity index (χ0) is 22.8. The molecule has 0 atom stereocenters. The highest BCUT2D eigenvalue weighted by atomic mass is 16.2. The van der Waals surface area contributed by atoms with Crippen LogP contribution in [0.15, 0.2) is 48.9 Å². The molecule has 2 aliphatic rings. The maximum Gasteiger partial charge on any atom is 0.256 e. The molecule has 4 N–H and O–H groups in total. The summed E-state index contributed by atoms with van der Waals surface area (Å²) in [6.07, 6.45) is 9.10. The number of piperidine rings is 1. The van der Waals surface area contributed by atoms with E-state index < -0.39 is 0 Å². The minimum Gasteiger partial charge on any atom is -0.361 e. The van der Waals surface area contributed by atoms with Gasteiger partial charge in [-0.15, -0.1) is 0 Å². The Balaban J connectivity index is 1.42. The van der Waals surface area contributed by atoms with Gasteiger partial charge in [-0.3, -0.25) is 14.6 Å². The van der Waals surface area contributed by atoms with Crippen molar-refractivity contribution in [3.63, 3.8) is 0 Å². The van der Waals surface area contributed by atoms with Crippen molar-refractivity contribution in [3.8, 4) is 0 Å². The highest BCUT2D eigenvalue weighted by Crippen LogP contribution is 2.41. The number of aromatic amines is 1. The first-order valence-electron chi connectivity index (χ1n) is 11.3. The van der Waals surface area contributed by atoms with E-state index in [-0.39, 0.29) is 11.8 Å². The van der Waals surface area contributed by atoms with Crippen molar-refractivity contribution in [2.24, 2.45) is 0 Å². The van der Waals surface area contributed by atoms with Crippen LogP contribution in [0.25, 0.3) is 11.6 Å². The number of fused-ring (bicyclic) bond motifs is 1. The van der Waals surface area contributed by atoms with Crippen LogP contribution < -0.4 is 16.0 Å². The van der Waals surface area contributed by atoms with Gasteiger partial charge in [-0.2, -0.15) is 0 Å². The first-order valence-corrected chi connectivity index (χ1v) is 11.3. The number of nitrogens with one attached hydrogen (secondary N) is 4. The number of aromatic nitrogens is 2. The van der Waals surface area contributed by atoms with Crippen LogP contribution in [0.3, 0.4) is 0 Å². The molecule has 0 saturated carbocycles. The summed E-state index contributed by atoms with van der Waals surface area (Å²) in [7, 11) is 0. The molecule has 1 fully saturated rings. The highest BCUT2D eigenvalue weighted by Gasteiger charge is 2.30. The van der Waals surface area contributed by atoms with Gasteiger partial charge >= 0.3 is 0 Å². The second-order valence-corrected chi connectivity index (χ2v) is 8.59. The number of hydrogen-bond acceptors (Lipinski definition) is 4. The Morgan fingerprint density at radius 2 is 1.97 bits per heavy atom. The first-order chi connectivity index (χ1) is 16.1. The second kappa shape index (κ2) is 9.03. The summed E-state index contributed by atoms with van der Waals surface area (Å²) in [4.78, 5) is 32.8. The summed E-state index contributed by atoms with van der Waals surface area (Å²) in [6, 6.07) is 9.86. The van der Waals surface area contributed by atoms with Gasteiger partial charge in [0.25, 0.3) is 11.8 Å². The zero-order valence-corrected chi connectivity index (χ0v) is 18.6. The van der Waals surface area contributed by atoms with Gasteiger partial charge in [0.15, 0.2) is 0 Å². The van der Waals surface area contributed by atoms with Crippen LogP contribution in [-0.2, 0) is 11.3 Å².